The van der Waals surface area contributed by atoms with Crippen LogP contribution in [0.5, 0.6) is 0 Å². The number of para-hydroxylation sites is 1. The molecule has 28 heavy (non-hydrogen) atoms. The number of esters is 1. The molecule has 0 aliphatic carbocycles. The molecular formula is C22H19NO5. The molecule has 0 spiro atoms. The monoisotopic (exact) mass is 377 g/mol. The Morgan fingerprint density at radius 1 is 1.14 bits per heavy atom. The highest BCUT2D eigenvalue weighted by Gasteiger charge is 2.23. The van der Waals surface area contributed by atoms with Gasteiger partial charge in [-0.2, -0.15) is 0 Å². The molecule has 0 radical (unpaired) electrons. The summed E-state index contributed by atoms with van der Waals surface area (Å²) in [4.78, 5) is 38.4. The number of hydrogen-bond acceptors (Lipinski definition) is 5. The average molecular weight is 377 g/mol. The van der Waals surface area contributed by atoms with Crippen LogP contribution in [0.2, 0.25) is 0 Å². The molecule has 2 aromatic carbocycles. The number of nitrogens with zero attached hydrogens (tertiary/aromatic N) is 1. The zero-order chi connectivity index (χ0) is 19.7. The number of hydrogen-bond donors (Lipinski definition) is 0. The number of benzene rings is 2. The second-order valence-corrected chi connectivity index (χ2v) is 6.75. The highest BCUT2D eigenvalue weighted by atomic mass is 16.5. The van der Waals surface area contributed by atoms with Crippen LogP contribution < -0.4 is 4.90 Å². The highest BCUT2D eigenvalue weighted by molar-refractivity contribution is 6.02. The molecule has 1 aromatic heterocycles. The smallest absolute Gasteiger partial charge is 0.375 e. The Bertz CT molecular complexity index is 1080. The van der Waals surface area contributed by atoms with Crippen LogP contribution in [0, 0.1) is 6.92 Å². The lowest BCUT2D eigenvalue weighted by Crippen LogP contribution is -2.24. The predicted molar refractivity (Wildman–Crippen MR) is 104 cm³/mol. The van der Waals surface area contributed by atoms with Gasteiger partial charge < -0.3 is 14.1 Å². The third-order valence-corrected chi connectivity index (χ3v) is 4.92. The molecule has 4 rings (SSSR count). The topological polar surface area (TPSA) is 76.8 Å². The number of amides is 1. The molecule has 0 bridgehead atoms. The fourth-order valence-electron chi connectivity index (χ4n) is 3.42. The van der Waals surface area contributed by atoms with Gasteiger partial charge in [0.2, 0.25) is 11.7 Å². The molecule has 6 heteroatoms. The predicted octanol–water partition coefficient (Wildman–Crippen LogP) is 3.91. The van der Waals surface area contributed by atoms with Crippen LogP contribution in [0.4, 0.5) is 5.69 Å². The number of carbonyl (C=O) groups is 3. The zero-order valence-electron chi connectivity index (χ0n) is 15.4. The number of ketones is 1. The number of furan rings is 1. The van der Waals surface area contributed by atoms with Crippen molar-refractivity contribution in [2.45, 2.75) is 19.8 Å². The Kier molecular flexibility index (Phi) is 4.69. The fraction of sp³-hybridized carbons (Fsp3) is 0.227. The number of ether oxygens (including phenoxy) is 1. The van der Waals surface area contributed by atoms with Crippen LogP contribution in [0.25, 0.3) is 11.0 Å². The molecule has 3 aromatic rings. The van der Waals surface area contributed by atoms with E-state index in [1.807, 2.05) is 18.2 Å². The van der Waals surface area contributed by atoms with Crippen LogP contribution in [0.1, 0.15) is 39.3 Å². The maximum atomic E-state index is 12.5. The van der Waals surface area contributed by atoms with Crippen molar-refractivity contribution >= 4 is 34.3 Å². The first-order valence-electron chi connectivity index (χ1n) is 9.13. The molecule has 142 valence electrons. The summed E-state index contributed by atoms with van der Waals surface area (Å²) in [6, 6.07) is 14.1. The SMILES string of the molecule is Cc1c(C(=O)OCC(=O)c2cccc(N3CCCC3=O)c2)oc2ccccc12. The number of anilines is 1. The van der Waals surface area contributed by atoms with Gasteiger partial charge in [0.15, 0.2) is 12.4 Å². The molecule has 0 N–H and O–H groups in total. The van der Waals surface area contributed by atoms with Crippen LogP contribution >= 0.6 is 0 Å². The standard InChI is InChI=1S/C22H19NO5/c1-14-17-8-2-3-9-19(17)28-21(14)22(26)27-13-18(24)15-6-4-7-16(12-15)23-11-5-10-20(23)25/h2-4,6-9,12H,5,10-11,13H2,1H3. The quantitative estimate of drug-likeness (QED) is 0.498. The van der Waals surface area contributed by atoms with Gasteiger partial charge in [-0.1, -0.05) is 30.3 Å². The van der Waals surface area contributed by atoms with Crippen LogP contribution in [0.3, 0.4) is 0 Å². The van der Waals surface area contributed by atoms with E-state index in [-0.39, 0.29) is 17.5 Å². The molecule has 1 saturated heterocycles. The summed E-state index contributed by atoms with van der Waals surface area (Å²) < 4.78 is 10.7. The molecule has 6 nitrogen and oxygen atoms in total. The minimum Gasteiger partial charge on any atom is -0.451 e. The lowest BCUT2D eigenvalue weighted by Gasteiger charge is -2.16. The van der Waals surface area contributed by atoms with Gasteiger partial charge in [-0.05, 0) is 31.5 Å². The summed E-state index contributed by atoms with van der Waals surface area (Å²) >= 11 is 0. The number of Topliss-reactive ketones (excluding diaryl/α,β-unsaturated/α-hetero) is 1. The summed E-state index contributed by atoms with van der Waals surface area (Å²) in [7, 11) is 0. The summed E-state index contributed by atoms with van der Waals surface area (Å²) in [5, 5.41) is 0.837. The average Bonchev–Trinajstić information content (AvgIpc) is 3.29. The molecule has 1 aliphatic heterocycles. The van der Waals surface area contributed by atoms with Crippen molar-refractivity contribution in [2.24, 2.45) is 0 Å². The van der Waals surface area contributed by atoms with E-state index in [0.29, 0.717) is 35.4 Å². The maximum absolute atomic E-state index is 12.5. The fourth-order valence-corrected chi connectivity index (χ4v) is 3.42. The normalized spacial score (nSPS) is 13.9. The van der Waals surface area contributed by atoms with E-state index in [2.05, 4.69) is 0 Å². The van der Waals surface area contributed by atoms with Gasteiger partial charge in [0.05, 0.1) is 0 Å². The van der Waals surface area contributed by atoms with Gasteiger partial charge in [0.1, 0.15) is 5.58 Å². The van der Waals surface area contributed by atoms with Crippen molar-refractivity contribution in [3.05, 3.63) is 65.4 Å². The van der Waals surface area contributed by atoms with Crippen molar-refractivity contribution in [1.29, 1.82) is 0 Å². The second kappa shape index (κ2) is 7.31. The molecule has 1 aliphatic rings. The lowest BCUT2D eigenvalue weighted by atomic mass is 10.1. The summed E-state index contributed by atoms with van der Waals surface area (Å²) in [5.74, 6) is -0.856. The van der Waals surface area contributed by atoms with E-state index in [0.717, 1.165) is 11.8 Å². The summed E-state index contributed by atoms with van der Waals surface area (Å²) in [6.45, 7) is 2.03. The molecule has 2 heterocycles. The molecule has 1 fully saturated rings. The van der Waals surface area contributed by atoms with E-state index in [4.69, 9.17) is 9.15 Å². The van der Waals surface area contributed by atoms with Gasteiger partial charge in [0, 0.05) is 35.2 Å². The van der Waals surface area contributed by atoms with Gasteiger partial charge in [-0.3, -0.25) is 9.59 Å². The largest absolute Gasteiger partial charge is 0.451 e. The molecule has 0 atom stereocenters. The zero-order valence-corrected chi connectivity index (χ0v) is 15.4. The molecular weight excluding hydrogens is 358 g/mol. The van der Waals surface area contributed by atoms with E-state index in [9.17, 15) is 14.4 Å². The highest BCUT2D eigenvalue weighted by Crippen LogP contribution is 2.26. The van der Waals surface area contributed by atoms with Crippen LogP contribution in [-0.4, -0.2) is 30.8 Å². The van der Waals surface area contributed by atoms with Crippen molar-refractivity contribution in [3.63, 3.8) is 0 Å². The minimum absolute atomic E-state index is 0.0522. The first kappa shape index (κ1) is 18.0. The Morgan fingerprint density at radius 2 is 1.96 bits per heavy atom. The number of fused-ring (bicyclic) bond motifs is 1. The van der Waals surface area contributed by atoms with E-state index in [1.54, 1.807) is 42.2 Å². The van der Waals surface area contributed by atoms with Crippen LogP contribution in [-0.2, 0) is 9.53 Å². The van der Waals surface area contributed by atoms with Gasteiger partial charge in [-0.25, -0.2) is 4.79 Å². The summed E-state index contributed by atoms with van der Waals surface area (Å²) in [5.41, 5.74) is 2.36. The van der Waals surface area contributed by atoms with Crippen molar-refractivity contribution < 1.29 is 23.5 Å². The number of carbonyl (C=O) groups excluding carboxylic acids is 3. The van der Waals surface area contributed by atoms with Crippen LogP contribution in [0.15, 0.2) is 52.9 Å². The van der Waals surface area contributed by atoms with Crippen molar-refractivity contribution in [3.8, 4) is 0 Å². The Morgan fingerprint density at radius 3 is 2.71 bits per heavy atom. The Labute approximate surface area is 161 Å². The molecule has 0 saturated carbocycles. The van der Waals surface area contributed by atoms with Crippen molar-refractivity contribution in [2.75, 3.05) is 18.1 Å². The first-order valence-corrected chi connectivity index (χ1v) is 9.13. The molecule has 0 unspecified atom stereocenters. The van der Waals surface area contributed by atoms with Gasteiger partial charge in [-0.15, -0.1) is 0 Å². The van der Waals surface area contributed by atoms with Gasteiger partial charge >= 0.3 is 5.97 Å². The van der Waals surface area contributed by atoms with E-state index < -0.39 is 12.6 Å². The first-order chi connectivity index (χ1) is 13.5. The van der Waals surface area contributed by atoms with Crippen molar-refractivity contribution in [1.82, 2.24) is 0 Å². The number of aryl methyl sites for hydroxylation is 1. The second-order valence-electron chi connectivity index (χ2n) is 6.75. The number of rotatable bonds is 5. The summed E-state index contributed by atoms with van der Waals surface area (Å²) in [6.07, 6.45) is 1.33. The molecule has 1 amide bonds. The lowest BCUT2D eigenvalue weighted by molar-refractivity contribution is -0.117. The van der Waals surface area contributed by atoms with Gasteiger partial charge in [0.25, 0.3) is 0 Å². The Hall–Kier alpha value is -3.41. The van der Waals surface area contributed by atoms with E-state index in [1.165, 1.54) is 0 Å². The third kappa shape index (κ3) is 3.29. The third-order valence-electron chi connectivity index (χ3n) is 4.92. The minimum atomic E-state index is -0.673. The maximum Gasteiger partial charge on any atom is 0.375 e. The van der Waals surface area contributed by atoms with E-state index >= 15 is 0 Å². The Balaban J connectivity index is 1.46.